The number of amides is 1. The molecule has 2 aromatic rings. The maximum absolute atomic E-state index is 12.4. The van der Waals surface area contributed by atoms with Crippen LogP contribution in [0.5, 0.6) is 0 Å². The van der Waals surface area contributed by atoms with Crippen molar-refractivity contribution < 1.29 is 9.53 Å². The van der Waals surface area contributed by atoms with Crippen molar-refractivity contribution in [3.63, 3.8) is 0 Å². The average molecular weight is 396 g/mol. The third-order valence-electron chi connectivity index (χ3n) is 5.24. The molecule has 1 heterocycles. The fourth-order valence-electron chi connectivity index (χ4n) is 3.54. The first-order chi connectivity index (χ1) is 14.2. The molecule has 0 aliphatic carbocycles. The summed E-state index contributed by atoms with van der Waals surface area (Å²) < 4.78 is 5.40. The Bertz CT molecular complexity index is 772. The number of carbonyl (C=O) groups excluding carboxylic acids is 1. The number of hydrogen-bond acceptors (Lipinski definition) is 4. The summed E-state index contributed by atoms with van der Waals surface area (Å²) in [6.07, 6.45) is 1.97. The fourth-order valence-corrected chi connectivity index (χ4v) is 3.54. The monoisotopic (exact) mass is 395 g/mol. The summed E-state index contributed by atoms with van der Waals surface area (Å²) >= 11 is 0. The lowest BCUT2D eigenvalue weighted by Crippen LogP contribution is -2.35. The van der Waals surface area contributed by atoms with Crippen molar-refractivity contribution in [1.82, 2.24) is 15.5 Å². The number of nitrogens with one attached hydrogen (secondary N) is 2. The van der Waals surface area contributed by atoms with Crippen LogP contribution in [-0.4, -0.2) is 50.2 Å². The highest BCUT2D eigenvalue weighted by atomic mass is 16.5. The molecule has 0 radical (unpaired) electrons. The van der Waals surface area contributed by atoms with Gasteiger partial charge in [-0.3, -0.25) is 9.69 Å². The topological polar surface area (TPSA) is 53.6 Å². The van der Waals surface area contributed by atoms with E-state index in [0.717, 1.165) is 64.3 Å². The molecule has 2 N–H and O–H groups in total. The van der Waals surface area contributed by atoms with E-state index < -0.39 is 0 Å². The molecule has 5 nitrogen and oxygen atoms in total. The summed E-state index contributed by atoms with van der Waals surface area (Å²) in [6.45, 7) is 8.95. The highest BCUT2D eigenvalue weighted by molar-refractivity contribution is 5.94. The van der Waals surface area contributed by atoms with Crippen molar-refractivity contribution in [2.45, 2.75) is 32.9 Å². The lowest BCUT2D eigenvalue weighted by Gasteiger charge is -2.26. The second-order valence-electron chi connectivity index (χ2n) is 7.55. The van der Waals surface area contributed by atoms with Crippen molar-refractivity contribution >= 4 is 5.91 Å². The summed E-state index contributed by atoms with van der Waals surface area (Å²) in [4.78, 5) is 14.8. The van der Waals surface area contributed by atoms with Crippen molar-refractivity contribution in [2.24, 2.45) is 0 Å². The summed E-state index contributed by atoms with van der Waals surface area (Å²) in [5.41, 5.74) is 4.59. The van der Waals surface area contributed by atoms with Crippen LogP contribution in [0, 0.1) is 0 Å². The Kier molecular flexibility index (Phi) is 8.68. The number of aryl methyl sites for hydroxylation is 1. The predicted molar refractivity (Wildman–Crippen MR) is 117 cm³/mol. The van der Waals surface area contributed by atoms with Crippen molar-refractivity contribution in [3.05, 3.63) is 70.8 Å². The van der Waals surface area contributed by atoms with E-state index in [2.05, 4.69) is 52.8 Å². The molecular formula is C24H33N3O2. The highest BCUT2D eigenvalue weighted by Crippen LogP contribution is 2.10. The molecule has 1 amide bonds. The maximum Gasteiger partial charge on any atom is 0.251 e. The molecule has 1 saturated heterocycles. The van der Waals surface area contributed by atoms with E-state index in [4.69, 9.17) is 4.74 Å². The second-order valence-corrected chi connectivity index (χ2v) is 7.55. The van der Waals surface area contributed by atoms with E-state index in [1.165, 1.54) is 16.7 Å². The summed E-state index contributed by atoms with van der Waals surface area (Å²) in [5.74, 6) is 0.00414. The van der Waals surface area contributed by atoms with Gasteiger partial charge in [-0.2, -0.15) is 0 Å². The van der Waals surface area contributed by atoms with Crippen LogP contribution < -0.4 is 10.6 Å². The number of morpholine rings is 1. The lowest BCUT2D eigenvalue weighted by atomic mass is 10.1. The normalized spacial score (nSPS) is 14.7. The standard InChI is InChI=1S/C24H33N3O2/c1-2-20-6-3-7-21(16-20)18-25-10-5-11-26-24(28)23-9-4-8-22(17-23)19-27-12-14-29-15-13-27/h3-4,6-9,16-17,25H,2,5,10-15,18-19H2,1H3,(H,26,28). The van der Waals surface area contributed by atoms with Crippen LogP contribution in [0.15, 0.2) is 48.5 Å². The molecule has 0 spiro atoms. The Labute approximate surface area is 174 Å². The molecule has 0 bridgehead atoms. The molecule has 156 valence electrons. The molecule has 2 aromatic carbocycles. The van der Waals surface area contributed by atoms with E-state index in [9.17, 15) is 4.79 Å². The second kappa shape index (κ2) is 11.7. The quantitative estimate of drug-likeness (QED) is 0.608. The smallest absolute Gasteiger partial charge is 0.251 e. The van der Waals surface area contributed by atoms with E-state index in [1.54, 1.807) is 0 Å². The van der Waals surface area contributed by atoms with Crippen LogP contribution in [-0.2, 0) is 24.2 Å². The predicted octanol–water partition coefficient (Wildman–Crippen LogP) is 2.99. The van der Waals surface area contributed by atoms with Crippen LogP contribution in [0.1, 0.15) is 40.4 Å². The van der Waals surface area contributed by atoms with Crippen LogP contribution in [0.2, 0.25) is 0 Å². The first-order valence-electron chi connectivity index (χ1n) is 10.7. The Hall–Kier alpha value is -2.21. The van der Waals surface area contributed by atoms with E-state index in [0.29, 0.717) is 6.54 Å². The Balaban J connectivity index is 1.35. The van der Waals surface area contributed by atoms with Gasteiger partial charge in [-0.25, -0.2) is 0 Å². The molecule has 1 aliphatic heterocycles. The Morgan fingerprint density at radius 3 is 2.59 bits per heavy atom. The maximum atomic E-state index is 12.4. The van der Waals surface area contributed by atoms with Gasteiger partial charge >= 0.3 is 0 Å². The van der Waals surface area contributed by atoms with E-state index >= 15 is 0 Å². The fraction of sp³-hybridized carbons (Fsp3) is 0.458. The van der Waals surface area contributed by atoms with Gasteiger partial charge in [0.1, 0.15) is 0 Å². The third-order valence-corrected chi connectivity index (χ3v) is 5.24. The minimum atomic E-state index is 0.00414. The molecular weight excluding hydrogens is 362 g/mol. The van der Waals surface area contributed by atoms with Crippen LogP contribution >= 0.6 is 0 Å². The minimum Gasteiger partial charge on any atom is -0.379 e. The van der Waals surface area contributed by atoms with Gasteiger partial charge in [0, 0.05) is 38.3 Å². The first kappa shape index (κ1) is 21.5. The first-order valence-corrected chi connectivity index (χ1v) is 10.7. The van der Waals surface area contributed by atoms with Gasteiger partial charge in [-0.15, -0.1) is 0 Å². The zero-order valence-corrected chi connectivity index (χ0v) is 17.5. The van der Waals surface area contributed by atoms with Crippen LogP contribution in [0.4, 0.5) is 0 Å². The number of rotatable bonds is 10. The highest BCUT2D eigenvalue weighted by Gasteiger charge is 2.12. The zero-order valence-electron chi connectivity index (χ0n) is 17.5. The van der Waals surface area contributed by atoms with Crippen molar-refractivity contribution in [1.29, 1.82) is 0 Å². The van der Waals surface area contributed by atoms with Gasteiger partial charge in [0.25, 0.3) is 5.91 Å². The summed E-state index contributed by atoms with van der Waals surface area (Å²) in [7, 11) is 0. The molecule has 0 saturated carbocycles. The summed E-state index contributed by atoms with van der Waals surface area (Å²) in [5, 5.41) is 6.49. The van der Waals surface area contributed by atoms with Gasteiger partial charge < -0.3 is 15.4 Å². The third kappa shape index (κ3) is 7.28. The largest absolute Gasteiger partial charge is 0.379 e. The van der Waals surface area contributed by atoms with Crippen molar-refractivity contribution in [3.8, 4) is 0 Å². The van der Waals surface area contributed by atoms with E-state index in [1.807, 2.05) is 18.2 Å². The van der Waals surface area contributed by atoms with Gasteiger partial charge in [0.15, 0.2) is 0 Å². The molecule has 5 heteroatoms. The van der Waals surface area contributed by atoms with Gasteiger partial charge in [-0.05, 0) is 48.2 Å². The van der Waals surface area contributed by atoms with E-state index in [-0.39, 0.29) is 5.91 Å². The number of hydrogen-bond donors (Lipinski definition) is 2. The average Bonchev–Trinajstić information content (AvgIpc) is 2.77. The van der Waals surface area contributed by atoms with Crippen molar-refractivity contribution in [2.75, 3.05) is 39.4 Å². The molecule has 0 unspecified atom stereocenters. The number of ether oxygens (including phenoxy) is 1. The SMILES string of the molecule is CCc1cccc(CNCCCNC(=O)c2cccc(CN3CCOCC3)c2)c1. The minimum absolute atomic E-state index is 0.00414. The number of carbonyl (C=O) groups is 1. The van der Waals surface area contributed by atoms with Gasteiger partial charge in [0.2, 0.25) is 0 Å². The molecule has 1 fully saturated rings. The molecule has 29 heavy (non-hydrogen) atoms. The number of benzene rings is 2. The van der Waals surface area contributed by atoms with Gasteiger partial charge in [-0.1, -0.05) is 43.3 Å². The van der Waals surface area contributed by atoms with Crippen LogP contribution in [0.3, 0.4) is 0 Å². The lowest BCUT2D eigenvalue weighted by molar-refractivity contribution is 0.0342. The zero-order chi connectivity index (χ0) is 20.3. The molecule has 0 atom stereocenters. The Morgan fingerprint density at radius 2 is 1.76 bits per heavy atom. The molecule has 3 rings (SSSR count). The molecule has 0 aromatic heterocycles. The Morgan fingerprint density at radius 1 is 1.00 bits per heavy atom. The summed E-state index contributed by atoms with van der Waals surface area (Å²) in [6, 6.07) is 16.6. The van der Waals surface area contributed by atoms with Crippen LogP contribution in [0.25, 0.3) is 0 Å². The molecule has 1 aliphatic rings. The number of nitrogens with zero attached hydrogens (tertiary/aromatic N) is 1. The van der Waals surface area contributed by atoms with Gasteiger partial charge in [0.05, 0.1) is 13.2 Å².